The number of hydrogen-bond acceptors (Lipinski definition) is 6. The van der Waals surface area contributed by atoms with Crippen LogP contribution in [-0.2, 0) is 15.1 Å². The first-order chi connectivity index (χ1) is 16.5. The minimum absolute atomic E-state index is 0.194. The van der Waals surface area contributed by atoms with Crippen molar-refractivity contribution in [1.82, 2.24) is 4.90 Å². The number of morpholine rings is 1. The lowest BCUT2D eigenvalue weighted by atomic mass is 9.76. The number of nitrogen functional groups attached to an aromatic ring is 1. The Kier molecular flexibility index (Phi) is 5.87. The topological polar surface area (TPSA) is 106 Å². The number of ether oxygens (including phenoxy) is 3. The monoisotopic (exact) mass is 461 g/mol. The summed E-state index contributed by atoms with van der Waals surface area (Å²) in [7, 11) is 0. The molecule has 34 heavy (non-hydrogen) atoms. The standard InChI is InChI=1S/C26H27N3O5/c1-17-4-2-3-5-20(17)26(33-16-30)21-8-6-18(27)14-23(21)34-24-15-19(7-9-22(24)26)28-25(31)29-10-12-32-13-11-29/h2-9,14-15,30H,10-13,16,27H2,1H3,(H,28,31). The molecule has 0 aromatic heterocycles. The van der Waals surface area contributed by atoms with Crippen LogP contribution < -0.4 is 15.8 Å². The number of fused-ring (bicyclic) bond motifs is 2. The summed E-state index contributed by atoms with van der Waals surface area (Å²) in [5, 5.41) is 12.9. The van der Waals surface area contributed by atoms with Crippen molar-refractivity contribution >= 4 is 17.4 Å². The van der Waals surface area contributed by atoms with Gasteiger partial charge in [0.2, 0.25) is 0 Å². The van der Waals surface area contributed by atoms with Gasteiger partial charge in [-0.15, -0.1) is 0 Å². The van der Waals surface area contributed by atoms with Gasteiger partial charge in [-0.3, -0.25) is 0 Å². The van der Waals surface area contributed by atoms with Crippen LogP contribution in [0.4, 0.5) is 16.2 Å². The Morgan fingerprint density at radius 3 is 2.50 bits per heavy atom. The van der Waals surface area contributed by atoms with E-state index in [-0.39, 0.29) is 6.03 Å². The van der Waals surface area contributed by atoms with Crippen LogP contribution in [0.5, 0.6) is 11.5 Å². The van der Waals surface area contributed by atoms with Crippen LogP contribution in [0.3, 0.4) is 0 Å². The summed E-state index contributed by atoms with van der Waals surface area (Å²) < 4.78 is 17.8. The molecule has 0 aliphatic carbocycles. The van der Waals surface area contributed by atoms with Crippen molar-refractivity contribution in [2.75, 3.05) is 44.1 Å². The van der Waals surface area contributed by atoms with Crippen molar-refractivity contribution < 1.29 is 24.1 Å². The van der Waals surface area contributed by atoms with E-state index in [0.717, 1.165) is 22.3 Å². The van der Waals surface area contributed by atoms with Crippen LogP contribution in [-0.4, -0.2) is 49.1 Å². The van der Waals surface area contributed by atoms with Crippen LogP contribution >= 0.6 is 0 Å². The van der Waals surface area contributed by atoms with Crippen molar-refractivity contribution in [1.29, 1.82) is 0 Å². The molecule has 1 unspecified atom stereocenters. The van der Waals surface area contributed by atoms with Crippen molar-refractivity contribution in [3.05, 3.63) is 82.9 Å². The number of nitrogens with two attached hydrogens (primary N) is 1. The van der Waals surface area contributed by atoms with E-state index in [1.807, 2.05) is 49.4 Å². The number of aliphatic hydroxyl groups excluding tert-OH is 1. The normalized spacial score (nSPS) is 19.1. The second-order valence-electron chi connectivity index (χ2n) is 8.37. The van der Waals surface area contributed by atoms with Crippen LogP contribution in [0, 0.1) is 6.92 Å². The molecular formula is C26H27N3O5. The molecule has 176 valence electrons. The van der Waals surface area contributed by atoms with Crippen LogP contribution in [0.25, 0.3) is 0 Å². The number of aryl methyl sites for hydroxylation is 1. The largest absolute Gasteiger partial charge is 0.456 e. The summed E-state index contributed by atoms with van der Waals surface area (Å²) in [6.07, 6.45) is 0. The summed E-state index contributed by atoms with van der Waals surface area (Å²) in [5.74, 6) is 1.04. The molecule has 2 heterocycles. The number of nitrogens with zero attached hydrogens (tertiary/aromatic N) is 1. The highest BCUT2D eigenvalue weighted by atomic mass is 16.6. The number of rotatable bonds is 4. The zero-order valence-electron chi connectivity index (χ0n) is 18.9. The quantitative estimate of drug-likeness (QED) is 0.403. The molecule has 2 amide bonds. The van der Waals surface area contributed by atoms with Gasteiger partial charge >= 0.3 is 6.03 Å². The van der Waals surface area contributed by atoms with Gasteiger partial charge in [-0.05, 0) is 42.3 Å². The first kappa shape index (κ1) is 22.2. The van der Waals surface area contributed by atoms with Gasteiger partial charge in [-0.25, -0.2) is 4.79 Å². The maximum absolute atomic E-state index is 12.7. The fourth-order valence-corrected chi connectivity index (χ4v) is 4.71. The number of carbonyl (C=O) groups is 1. The molecule has 0 bridgehead atoms. The van der Waals surface area contributed by atoms with E-state index in [0.29, 0.717) is 49.2 Å². The fourth-order valence-electron chi connectivity index (χ4n) is 4.71. The first-order valence-electron chi connectivity index (χ1n) is 11.2. The third-order valence-electron chi connectivity index (χ3n) is 6.32. The van der Waals surface area contributed by atoms with Gasteiger partial charge in [0.05, 0.1) is 13.2 Å². The van der Waals surface area contributed by atoms with Gasteiger partial charge in [0.1, 0.15) is 18.3 Å². The van der Waals surface area contributed by atoms with Gasteiger partial charge in [0.15, 0.2) is 5.60 Å². The van der Waals surface area contributed by atoms with E-state index in [1.165, 1.54) is 0 Å². The number of amides is 2. The molecule has 3 aromatic rings. The molecule has 2 aliphatic rings. The zero-order chi connectivity index (χ0) is 23.7. The van der Waals surface area contributed by atoms with Crippen LogP contribution in [0.1, 0.15) is 22.3 Å². The molecule has 0 spiro atoms. The molecule has 8 nitrogen and oxygen atoms in total. The number of carbonyl (C=O) groups excluding carboxylic acids is 1. The maximum Gasteiger partial charge on any atom is 0.322 e. The molecule has 1 fully saturated rings. The lowest BCUT2D eigenvalue weighted by molar-refractivity contribution is -0.0819. The highest BCUT2D eigenvalue weighted by Crippen LogP contribution is 2.53. The number of nitrogens with one attached hydrogen (secondary N) is 1. The first-order valence-corrected chi connectivity index (χ1v) is 11.2. The molecule has 4 N–H and O–H groups in total. The van der Waals surface area contributed by atoms with E-state index in [4.69, 9.17) is 19.9 Å². The van der Waals surface area contributed by atoms with Gasteiger partial charge in [-0.1, -0.05) is 24.3 Å². The summed E-state index contributed by atoms with van der Waals surface area (Å²) in [6.45, 7) is 3.63. The number of aliphatic hydroxyl groups is 1. The Hall–Kier alpha value is -3.59. The average molecular weight is 462 g/mol. The Morgan fingerprint density at radius 2 is 1.76 bits per heavy atom. The number of hydrogen-bond donors (Lipinski definition) is 3. The molecule has 2 aliphatic heterocycles. The summed E-state index contributed by atoms with van der Waals surface area (Å²) in [4.78, 5) is 14.4. The smallest absolute Gasteiger partial charge is 0.322 e. The van der Waals surface area contributed by atoms with E-state index < -0.39 is 12.4 Å². The minimum atomic E-state index is -1.12. The van der Waals surface area contributed by atoms with Crippen LogP contribution in [0.2, 0.25) is 0 Å². The number of urea groups is 1. The summed E-state index contributed by atoms with van der Waals surface area (Å²) in [6, 6.07) is 18.5. The summed E-state index contributed by atoms with van der Waals surface area (Å²) >= 11 is 0. The van der Waals surface area contributed by atoms with Gasteiger partial charge < -0.3 is 35.3 Å². The van der Waals surface area contributed by atoms with Crippen molar-refractivity contribution in [2.24, 2.45) is 0 Å². The molecular weight excluding hydrogens is 434 g/mol. The van der Waals surface area contributed by atoms with E-state index in [9.17, 15) is 9.90 Å². The fraction of sp³-hybridized carbons (Fsp3) is 0.269. The SMILES string of the molecule is Cc1ccccc1C1(OCO)c2ccc(N)cc2Oc2cc(NC(=O)N3CCOCC3)ccc21. The van der Waals surface area contributed by atoms with Gasteiger partial charge in [0, 0.05) is 47.7 Å². The molecule has 0 radical (unpaired) electrons. The average Bonchev–Trinajstić information content (AvgIpc) is 2.84. The third kappa shape index (κ3) is 3.75. The third-order valence-corrected chi connectivity index (χ3v) is 6.32. The molecule has 8 heteroatoms. The van der Waals surface area contributed by atoms with E-state index in [2.05, 4.69) is 5.32 Å². The predicted molar refractivity (Wildman–Crippen MR) is 128 cm³/mol. The van der Waals surface area contributed by atoms with Crippen LogP contribution in [0.15, 0.2) is 60.7 Å². The molecule has 1 saturated heterocycles. The molecule has 0 saturated carbocycles. The van der Waals surface area contributed by atoms with Gasteiger partial charge in [0.25, 0.3) is 0 Å². The minimum Gasteiger partial charge on any atom is -0.456 e. The van der Waals surface area contributed by atoms with E-state index >= 15 is 0 Å². The van der Waals surface area contributed by atoms with Gasteiger partial charge in [-0.2, -0.15) is 0 Å². The maximum atomic E-state index is 12.7. The number of anilines is 2. The van der Waals surface area contributed by atoms with Crippen molar-refractivity contribution in [2.45, 2.75) is 12.5 Å². The van der Waals surface area contributed by atoms with E-state index in [1.54, 1.807) is 23.1 Å². The highest BCUT2D eigenvalue weighted by Gasteiger charge is 2.46. The highest BCUT2D eigenvalue weighted by molar-refractivity contribution is 5.90. The van der Waals surface area contributed by atoms with Crippen molar-refractivity contribution in [3.8, 4) is 11.5 Å². The van der Waals surface area contributed by atoms with Crippen molar-refractivity contribution in [3.63, 3.8) is 0 Å². The molecule has 1 atom stereocenters. The Balaban J connectivity index is 1.62. The lowest BCUT2D eigenvalue weighted by Crippen LogP contribution is -2.43. The Morgan fingerprint density at radius 1 is 1.06 bits per heavy atom. The number of benzene rings is 3. The zero-order valence-corrected chi connectivity index (χ0v) is 18.9. The summed E-state index contributed by atoms with van der Waals surface area (Å²) in [5.41, 5.74) is 9.41. The predicted octanol–water partition coefficient (Wildman–Crippen LogP) is 3.81. The molecule has 3 aromatic carbocycles. The Bertz CT molecular complexity index is 1220. The lowest BCUT2D eigenvalue weighted by Gasteiger charge is -2.41. The second-order valence-corrected chi connectivity index (χ2v) is 8.37. The Labute approximate surface area is 197 Å². The molecule has 5 rings (SSSR count). The second kappa shape index (κ2) is 8.98.